The van der Waals surface area contributed by atoms with E-state index in [0.29, 0.717) is 30.5 Å². The summed E-state index contributed by atoms with van der Waals surface area (Å²) >= 11 is 0. The van der Waals surface area contributed by atoms with Gasteiger partial charge in [-0.2, -0.15) is 0 Å². The van der Waals surface area contributed by atoms with Crippen molar-refractivity contribution >= 4 is 17.6 Å². The van der Waals surface area contributed by atoms with Gasteiger partial charge in [-0.1, -0.05) is 72.4 Å². The molecule has 1 aromatic carbocycles. The average molecular weight is 616 g/mol. The number of anilines is 1. The number of carbonyl (C=O) groups is 2. The zero-order valence-electron chi connectivity index (χ0n) is 28.2. The van der Waals surface area contributed by atoms with Gasteiger partial charge in [-0.25, -0.2) is 4.79 Å². The van der Waals surface area contributed by atoms with E-state index in [9.17, 15) is 19.8 Å². The summed E-state index contributed by atoms with van der Waals surface area (Å²) < 4.78 is 18.0. The summed E-state index contributed by atoms with van der Waals surface area (Å²) in [6.07, 6.45) is 5.73. The summed E-state index contributed by atoms with van der Waals surface area (Å²) in [6, 6.07) is 7.00. The predicted molar refractivity (Wildman–Crippen MR) is 171 cm³/mol. The van der Waals surface area contributed by atoms with Gasteiger partial charge in [-0.15, -0.1) is 0 Å². The first-order valence-electron chi connectivity index (χ1n) is 16.9. The van der Waals surface area contributed by atoms with Gasteiger partial charge in [0.2, 0.25) is 5.91 Å². The van der Waals surface area contributed by atoms with Crippen molar-refractivity contribution in [3.63, 3.8) is 0 Å². The third kappa shape index (κ3) is 5.96. The van der Waals surface area contributed by atoms with Crippen LogP contribution in [0.5, 0.6) is 0 Å². The number of unbranched alkanes of at least 4 members (excludes halogenated alkanes) is 3. The van der Waals surface area contributed by atoms with E-state index in [-0.39, 0.29) is 47.0 Å². The average Bonchev–Trinajstić information content (AvgIpc) is 3.39. The fourth-order valence-electron chi connectivity index (χ4n) is 9.70. The monoisotopic (exact) mass is 615 g/mol. The molecule has 0 saturated heterocycles. The Labute approximate surface area is 264 Å². The first-order valence-corrected chi connectivity index (χ1v) is 16.9. The van der Waals surface area contributed by atoms with Crippen LogP contribution in [0, 0.1) is 35.0 Å². The van der Waals surface area contributed by atoms with E-state index < -0.39 is 29.4 Å². The molecule has 248 valence electrons. The number of methoxy groups -OCH3 is 2. The molecule has 0 heterocycles. The first kappa shape index (κ1) is 34.9. The van der Waals surface area contributed by atoms with Gasteiger partial charge in [0, 0.05) is 38.9 Å². The van der Waals surface area contributed by atoms with Gasteiger partial charge in [-0.05, 0) is 61.5 Å². The molecule has 0 radical (unpaired) electrons. The Morgan fingerprint density at radius 1 is 1.05 bits per heavy atom. The number of nitrogens with one attached hydrogen (secondary N) is 1. The minimum Gasteiger partial charge on any atom is -0.459 e. The number of rotatable bonds is 13. The Bertz CT molecular complexity index is 1160. The lowest BCUT2D eigenvalue weighted by atomic mass is 9.58. The van der Waals surface area contributed by atoms with Crippen LogP contribution in [0.2, 0.25) is 0 Å². The maximum Gasteiger partial charge on any atom is 0.340 e. The third-order valence-corrected chi connectivity index (χ3v) is 11.9. The molecule has 0 spiro atoms. The number of hydrogen-bond donors (Lipinski definition) is 3. The Kier molecular flexibility index (Phi) is 10.9. The second kappa shape index (κ2) is 13.8. The molecule has 2 bridgehead atoms. The lowest BCUT2D eigenvalue weighted by Crippen LogP contribution is -2.71. The van der Waals surface area contributed by atoms with Crippen LogP contribution in [0.25, 0.3) is 0 Å². The van der Waals surface area contributed by atoms with Gasteiger partial charge in [0.05, 0.1) is 23.5 Å². The SMILES string of the molecule is CCCCCCC(=O)Nc1ccccc1C(=O)O[C@@H](C)C1CC([C@@]2(O)C[C@H](OC)C3CC(C)[C@]2(O)[C@H]3OC)[C@@H](CC)C1(C)C. The van der Waals surface area contributed by atoms with Crippen LogP contribution in [-0.2, 0) is 19.0 Å². The highest BCUT2D eigenvalue weighted by molar-refractivity contribution is 6.01. The van der Waals surface area contributed by atoms with Crippen LogP contribution >= 0.6 is 0 Å². The molecular weight excluding hydrogens is 558 g/mol. The second-order valence-corrected chi connectivity index (χ2v) is 14.5. The van der Waals surface area contributed by atoms with E-state index in [1.807, 2.05) is 13.8 Å². The van der Waals surface area contributed by atoms with Crippen LogP contribution in [-0.4, -0.2) is 65.8 Å². The molecule has 1 amide bonds. The summed E-state index contributed by atoms with van der Waals surface area (Å²) in [4.78, 5) is 26.2. The van der Waals surface area contributed by atoms with Crippen molar-refractivity contribution in [1.82, 2.24) is 0 Å². The minimum absolute atomic E-state index is 0.0207. The number of carbonyl (C=O) groups excluding carboxylic acids is 2. The number of benzene rings is 1. The molecule has 3 N–H and O–H groups in total. The van der Waals surface area contributed by atoms with E-state index in [2.05, 4.69) is 33.0 Å². The maximum atomic E-state index is 13.6. The van der Waals surface area contributed by atoms with Gasteiger partial charge >= 0.3 is 5.97 Å². The Morgan fingerprint density at radius 3 is 2.39 bits per heavy atom. The standard InChI is InChI=1S/C36H57NO7/c1-9-11-12-13-18-31(38)37-29-17-15-14-16-24(29)33(39)44-23(4)27-20-28(26(10-2)34(27,5)6)35(40)21-30(42-7)25-19-22(3)36(35,41)32(25)43-8/h14-17,22-23,25-28,30,32,40-41H,9-13,18-21H2,1-8H3,(H,37,38)/t22?,23-,25?,26+,27?,28?,30-,32-,35-,36-/m0/s1. The third-order valence-electron chi connectivity index (χ3n) is 11.9. The smallest absolute Gasteiger partial charge is 0.340 e. The van der Waals surface area contributed by atoms with Crippen LogP contribution < -0.4 is 5.32 Å². The normalized spacial score (nSPS) is 36.6. The molecule has 3 fully saturated rings. The number of para-hydroxylation sites is 1. The molecule has 8 nitrogen and oxygen atoms in total. The van der Waals surface area contributed by atoms with Crippen molar-refractivity contribution in [2.24, 2.45) is 35.0 Å². The number of fused-ring (bicyclic) bond motifs is 2. The van der Waals surface area contributed by atoms with Crippen LogP contribution in [0.3, 0.4) is 0 Å². The predicted octanol–water partition coefficient (Wildman–Crippen LogP) is 6.38. The van der Waals surface area contributed by atoms with E-state index in [0.717, 1.165) is 38.5 Å². The van der Waals surface area contributed by atoms with E-state index in [1.54, 1.807) is 38.5 Å². The lowest BCUT2D eigenvalue weighted by molar-refractivity contribution is -0.279. The number of hydrogen-bond acceptors (Lipinski definition) is 7. The van der Waals surface area contributed by atoms with Crippen molar-refractivity contribution in [3.8, 4) is 0 Å². The number of amides is 1. The summed E-state index contributed by atoms with van der Waals surface area (Å²) in [5.41, 5.74) is -2.33. The topological polar surface area (TPSA) is 114 Å². The molecule has 4 unspecified atom stereocenters. The van der Waals surface area contributed by atoms with Crippen LogP contribution in [0.4, 0.5) is 5.69 Å². The summed E-state index contributed by atoms with van der Waals surface area (Å²) in [5.74, 6) is -0.955. The largest absolute Gasteiger partial charge is 0.459 e. The Morgan fingerprint density at radius 2 is 1.75 bits per heavy atom. The van der Waals surface area contributed by atoms with Gasteiger partial charge in [0.25, 0.3) is 0 Å². The first-order chi connectivity index (χ1) is 20.8. The molecule has 1 aromatic rings. The lowest BCUT2D eigenvalue weighted by Gasteiger charge is -2.56. The van der Waals surface area contributed by atoms with E-state index >= 15 is 0 Å². The quantitative estimate of drug-likeness (QED) is 0.174. The highest BCUT2D eigenvalue weighted by Crippen LogP contribution is 2.65. The second-order valence-electron chi connectivity index (χ2n) is 14.5. The van der Waals surface area contributed by atoms with E-state index in [1.165, 1.54) is 0 Å². The fraction of sp³-hybridized carbons (Fsp3) is 0.778. The van der Waals surface area contributed by atoms with Gasteiger partial charge in [0.15, 0.2) is 0 Å². The summed E-state index contributed by atoms with van der Waals surface area (Å²) in [7, 11) is 3.30. The molecule has 44 heavy (non-hydrogen) atoms. The Balaban J connectivity index is 1.55. The van der Waals surface area contributed by atoms with Gasteiger partial charge in [0.1, 0.15) is 17.3 Å². The minimum atomic E-state index is -1.43. The van der Waals surface area contributed by atoms with Crippen molar-refractivity contribution < 1.29 is 34.0 Å². The highest BCUT2D eigenvalue weighted by atomic mass is 16.5. The van der Waals surface area contributed by atoms with Crippen LogP contribution in [0.1, 0.15) is 110 Å². The molecule has 3 saturated carbocycles. The van der Waals surface area contributed by atoms with Crippen LogP contribution in [0.15, 0.2) is 24.3 Å². The van der Waals surface area contributed by atoms with E-state index in [4.69, 9.17) is 14.2 Å². The summed E-state index contributed by atoms with van der Waals surface area (Å²) in [6.45, 7) is 12.6. The number of esters is 1. The molecule has 10 atom stereocenters. The Hall–Kier alpha value is -2.00. The molecule has 0 aliphatic heterocycles. The number of ether oxygens (including phenoxy) is 3. The van der Waals surface area contributed by atoms with Crippen molar-refractivity contribution in [3.05, 3.63) is 29.8 Å². The van der Waals surface area contributed by atoms with Crippen molar-refractivity contribution in [2.75, 3.05) is 19.5 Å². The zero-order valence-corrected chi connectivity index (χ0v) is 28.2. The van der Waals surface area contributed by atoms with Gasteiger partial charge < -0.3 is 29.7 Å². The molecule has 4 rings (SSSR count). The van der Waals surface area contributed by atoms with Gasteiger partial charge in [-0.3, -0.25) is 4.79 Å². The highest BCUT2D eigenvalue weighted by Gasteiger charge is 2.73. The molecule has 3 aliphatic carbocycles. The molecular formula is C36H57NO7. The van der Waals surface area contributed by atoms with Crippen molar-refractivity contribution in [1.29, 1.82) is 0 Å². The summed E-state index contributed by atoms with van der Waals surface area (Å²) in [5, 5.41) is 28.0. The number of aliphatic hydroxyl groups is 2. The molecule has 0 aromatic heterocycles. The molecule has 3 aliphatic rings. The maximum absolute atomic E-state index is 13.6. The zero-order chi connectivity index (χ0) is 32.4. The fourth-order valence-corrected chi connectivity index (χ4v) is 9.70. The molecule has 8 heteroatoms. The van der Waals surface area contributed by atoms with Crippen molar-refractivity contribution in [2.45, 2.75) is 129 Å².